The number of carboxylic acid groups (broad SMARTS) is 1. The molecule has 0 saturated heterocycles. The van der Waals surface area contributed by atoms with Gasteiger partial charge in [0.25, 0.3) is 0 Å². The van der Waals surface area contributed by atoms with Crippen LogP contribution in [0.2, 0.25) is 0 Å². The van der Waals surface area contributed by atoms with E-state index in [2.05, 4.69) is 13.0 Å². The lowest BCUT2D eigenvalue weighted by Gasteiger charge is -2.25. The summed E-state index contributed by atoms with van der Waals surface area (Å²) in [5.41, 5.74) is 0. The van der Waals surface area contributed by atoms with Gasteiger partial charge in [-0.15, -0.1) is 0 Å². The van der Waals surface area contributed by atoms with Gasteiger partial charge in [-0.25, -0.2) is 0 Å². The SMILES string of the molecule is CCCCCCCCCCCCCCC=C[N+](C)(C)CC(=O)[O-]. The highest BCUT2D eigenvalue weighted by Gasteiger charge is 2.10. The first kappa shape index (κ1) is 22.2. The molecule has 0 aliphatic heterocycles. The summed E-state index contributed by atoms with van der Waals surface area (Å²) in [6, 6.07) is 0. The van der Waals surface area contributed by atoms with Crippen molar-refractivity contribution in [2.75, 3.05) is 20.6 Å². The van der Waals surface area contributed by atoms with Crippen molar-refractivity contribution in [2.24, 2.45) is 0 Å². The standard InChI is InChI=1S/C20H39NO2/c1-4-5-6-7-8-9-10-11-12-13-14-15-16-17-18-21(2,3)19-20(22)23/h17-18H,4-16,19H2,1-3H3. The summed E-state index contributed by atoms with van der Waals surface area (Å²) < 4.78 is 0.362. The zero-order valence-electron chi connectivity index (χ0n) is 15.8. The Balaban J connectivity index is 3.32. The molecule has 0 aromatic rings. The third kappa shape index (κ3) is 17.4. The Morgan fingerprint density at radius 3 is 1.70 bits per heavy atom. The van der Waals surface area contributed by atoms with Crippen molar-refractivity contribution < 1.29 is 14.4 Å². The highest BCUT2D eigenvalue weighted by atomic mass is 16.4. The van der Waals surface area contributed by atoms with Crippen molar-refractivity contribution in [3.63, 3.8) is 0 Å². The van der Waals surface area contributed by atoms with E-state index in [0.29, 0.717) is 4.48 Å². The number of unbranched alkanes of at least 4 members (excludes halogenated alkanes) is 12. The van der Waals surface area contributed by atoms with Crippen molar-refractivity contribution >= 4 is 5.97 Å². The first-order valence-electron chi connectivity index (χ1n) is 9.68. The van der Waals surface area contributed by atoms with E-state index in [-0.39, 0.29) is 6.54 Å². The van der Waals surface area contributed by atoms with Gasteiger partial charge < -0.3 is 9.90 Å². The minimum Gasteiger partial charge on any atom is -0.544 e. The molecule has 0 saturated carbocycles. The normalized spacial score (nSPS) is 12.1. The summed E-state index contributed by atoms with van der Waals surface area (Å²) in [6.07, 6.45) is 21.5. The van der Waals surface area contributed by atoms with Crippen LogP contribution in [0.5, 0.6) is 0 Å². The van der Waals surface area contributed by atoms with Crippen molar-refractivity contribution in [1.29, 1.82) is 0 Å². The number of nitrogens with zero attached hydrogens (tertiary/aromatic N) is 1. The minimum atomic E-state index is -0.995. The van der Waals surface area contributed by atoms with Gasteiger partial charge >= 0.3 is 0 Å². The van der Waals surface area contributed by atoms with E-state index in [0.717, 1.165) is 6.42 Å². The van der Waals surface area contributed by atoms with Gasteiger partial charge in [-0.05, 0) is 18.9 Å². The van der Waals surface area contributed by atoms with E-state index in [9.17, 15) is 9.90 Å². The summed E-state index contributed by atoms with van der Waals surface area (Å²) in [6.45, 7) is 2.30. The van der Waals surface area contributed by atoms with Crippen LogP contribution in [0.25, 0.3) is 0 Å². The van der Waals surface area contributed by atoms with Crippen molar-refractivity contribution in [1.82, 2.24) is 0 Å². The van der Waals surface area contributed by atoms with E-state index in [1.54, 1.807) is 0 Å². The predicted octanol–water partition coefficient (Wildman–Crippen LogP) is 4.42. The molecule has 0 bridgehead atoms. The Bertz CT molecular complexity index is 311. The maximum atomic E-state index is 10.6. The summed E-state index contributed by atoms with van der Waals surface area (Å²) in [4.78, 5) is 10.6. The molecule has 0 atom stereocenters. The summed E-state index contributed by atoms with van der Waals surface area (Å²) in [5.74, 6) is -0.995. The Kier molecular flexibility index (Phi) is 14.2. The third-order valence-electron chi connectivity index (χ3n) is 4.27. The topological polar surface area (TPSA) is 40.1 Å². The number of carbonyl (C=O) groups excluding carboxylic acids is 1. The predicted molar refractivity (Wildman–Crippen MR) is 96.8 cm³/mol. The summed E-state index contributed by atoms with van der Waals surface area (Å²) in [5, 5.41) is 10.6. The van der Waals surface area contributed by atoms with E-state index in [4.69, 9.17) is 0 Å². The fraction of sp³-hybridized carbons (Fsp3) is 0.850. The van der Waals surface area contributed by atoms with E-state index in [1.807, 2.05) is 20.3 Å². The van der Waals surface area contributed by atoms with Crippen LogP contribution in [0.1, 0.15) is 90.4 Å². The van der Waals surface area contributed by atoms with Crippen LogP contribution in [0.4, 0.5) is 0 Å². The Hall–Kier alpha value is -0.830. The lowest BCUT2D eigenvalue weighted by atomic mass is 10.0. The van der Waals surface area contributed by atoms with Gasteiger partial charge in [-0.2, -0.15) is 0 Å². The number of hydrogen-bond donors (Lipinski definition) is 0. The van der Waals surface area contributed by atoms with Crippen molar-refractivity contribution in [2.45, 2.75) is 90.4 Å². The third-order valence-corrected chi connectivity index (χ3v) is 4.27. The maximum Gasteiger partial charge on any atom is 0.123 e. The molecule has 0 N–H and O–H groups in total. The second-order valence-corrected chi connectivity index (χ2v) is 7.37. The van der Waals surface area contributed by atoms with Gasteiger partial charge in [0, 0.05) is 0 Å². The molecule has 23 heavy (non-hydrogen) atoms. The molecule has 0 rings (SSSR count). The van der Waals surface area contributed by atoms with Crippen LogP contribution in [-0.2, 0) is 4.79 Å². The Labute approximate surface area is 144 Å². The van der Waals surface area contributed by atoms with Gasteiger partial charge in [0.05, 0.1) is 26.3 Å². The molecule has 0 heterocycles. The number of hydrogen-bond acceptors (Lipinski definition) is 2. The van der Waals surface area contributed by atoms with Gasteiger partial charge in [-0.3, -0.25) is 4.48 Å². The molecule has 0 amide bonds. The number of carboxylic acids is 1. The molecule has 0 spiro atoms. The fourth-order valence-electron chi connectivity index (χ4n) is 2.85. The van der Waals surface area contributed by atoms with Gasteiger partial charge in [0.1, 0.15) is 6.54 Å². The smallest absolute Gasteiger partial charge is 0.123 e. The summed E-state index contributed by atoms with van der Waals surface area (Å²) in [7, 11) is 3.77. The van der Waals surface area contributed by atoms with E-state index >= 15 is 0 Å². The molecule has 0 radical (unpaired) electrons. The summed E-state index contributed by atoms with van der Waals surface area (Å²) >= 11 is 0. The molecular weight excluding hydrogens is 286 g/mol. The molecule has 0 aromatic heterocycles. The van der Waals surface area contributed by atoms with Crippen molar-refractivity contribution in [3.05, 3.63) is 12.3 Å². The molecule has 3 nitrogen and oxygen atoms in total. The molecule has 0 unspecified atom stereocenters. The highest BCUT2D eigenvalue weighted by Crippen LogP contribution is 2.12. The molecule has 0 aliphatic carbocycles. The zero-order valence-corrected chi connectivity index (χ0v) is 15.8. The van der Waals surface area contributed by atoms with E-state index in [1.165, 1.54) is 77.0 Å². The molecule has 0 fully saturated rings. The van der Waals surface area contributed by atoms with E-state index < -0.39 is 5.97 Å². The maximum absolute atomic E-state index is 10.6. The van der Waals surface area contributed by atoms with Crippen LogP contribution in [0, 0.1) is 0 Å². The molecule has 3 heteroatoms. The average Bonchev–Trinajstić information content (AvgIpc) is 2.46. The Morgan fingerprint density at radius 1 is 0.826 bits per heavy atom. The lowest BCUT2D eigenvalue weighted by Crippen LogP contribution is -2.44. The number of quaternary nitrogens is 1. The lowest BCUT2D eigenvalue weighted by molar-refractivity contribution is -0.833. The fourth-order valence-corrected chi connectivity index (χ4v) is 2.85. The van der Waals surface area contributed by atoms with Crippen LogP contribution in [-0.4, -0.2) is 31.1 Å². The number of carbonyl (C=O) groups is 1. The highest BCUT2D eigenvalue weighted by molar-refractivity contribution is 5.65. The quantitative estimate of drug-likeness (QED) is 0.311. The first-order chi connectivity index (χ1) is 11.0. The van der Waals surface area contributed by atoms with Crippen molar-refractivity contribution in [3.8, 4) is 0 Å². The molecule has 0 aliphatic rings. The molecular formula is C20H39NO2. The van der Waals surface area contributed by atoms with Crippen LogP contribution < -0.4 is 5.11 Å². The van der Waals surface area contributed by atoms with Crippen LogP contribution in [0.15, 0.2) is 12.3 Å². The van der Waals surface area contributed by atoms with Gasteiger partial charge in [0.2, 0.25) is 0 Å². The first-order valence-corrected chi connectivity index (χ1v) is 9.68. The monoisotopic (exact) mass is 325 g/mol. The van der Waals surface area contributed by atoms with Gasteiger partial charge in [0.15, 0.2) is 0 Å². The molecule has 0 aromatic carbocycles. The second-order valence-electron chi connectivity index (χ2n) is 7.37. The Morgan fingerprint density at radius 2 is 1.26 bits per heavy atom. The number of allylic oxidation sites excluding steroid dienone is 1. The van der Waals surface area contributed by atoms with Crippen LogP contribution in [0.3, 0.4) is 0 Å². The number of rotatable bonds is 16. The zero-order chi connectivity index (χ0) is 17.4. The average molecular weight is 326 g/mol. The van der Waals surface area contributed by atoms with Gasteiger partial charge in [-0.1, -0.05) is 77.6 Å². The molecule has 136 valence electrons. The second kappa shape index (κ2) is 14.7. The number of likely N-dealkylation sites (N-methyl/N-ethyl adjacent to an activating group) is 1. The minimum absolute atomic E-state index is 0.0367. The largest absolute Gasteiger partial charge is 0.544 e. The van der Waals surface area contributed by atoms with Crippen LogP contribution >= 0.6 is 0 Å². The number of aliphatic carboxylic acids is 1.